The number of fused-ring (bicyclic) bond motifs is 1. The highest BCUT2D eigenvalue weighted by Crippen LogP contribution is 2.38. The number of hydrogen-bond acceptors (Lipinski definition) is 4. The minimum atomic E-state index is 0.573. The van der Waals surface area contributed by atoms with Gasteiger partial charge in [0.1, 0.15) is 19.0 Å². The van der Waals surface area contributed by atoms with Gasteiger partial charge in [-0.1, -0.05) is 19.8 Å². The van der Waals surface area contributed by atoms with E-state index in [1.54, 1.807) is 6.07 Å². The summed E-state index contributed by atoms with van der Waals surface area (Å²) >= 11 is 0. The average molecular weight is 237 g/mol. The third-order valence-corrected chi connectivity index (χ3v) is 2.68. The first-order valence-corrected chi connectivity index (χ1v) is 6.13. The highest BCUT2D eigenvalue weighted by Gasteiger charge is 2.15. The molecule has 17 heavy (non-hydrogen) atoms. The van der Waals surface area contributed by atoms with Crippen LogP contribution in [-0.4, -0.2) is 19.8 Å². The van der Waals surface area contributed by atoms with E-state index in [2.05, 4.69) is 6.92 Å². The highest BCUT2D eigenvalue weighted by molar-refractivity contribution is 5.62. The fourth-order valence-corrected chi connectivity index (χ4v) is 1.75. The van der Waals surface area contributed by atoms with Gasteiger partial charge in [-0.3, -0.25) is 0 Å². The molecule has 4 nitrogen and oxygen atoms in total. The van der Waals surface area contributed by atoms with Gasteiger partial charge in [-0.25, -0.2) is 0 Å². The van der Waals surface area contributed by atoms with Crippen molar-refractivity contribution in [3.05, 3.63) is 12.1 Å². The van der Waals surface area contributed by atoms with Gasteiger partial charge in [-0.05, 0) is 6.42 Å². The normalized spacial score (nSPS) is 13.5. The minimum Gasteiger partial charge on any atom is -0.491 e. The van der Waals surface area contributed by atoms with Crippen LogP contribution in [0.25, 0.3) is 0 Å². The number of ether oxygens (including phenoxy) is 3. The van der Waals surface area contributed by atoms with Gasteiger partial charge in [0, 0.05) is 12.1 Å². The van der Waals surface area contributed by atoms with E-state index < -0.39 is 0 Å². The Morgan fingerprint density at radius 3 is 2.59 bits per heavy atom. The summed E-state index contributed by atoms with van der Waals surface area (Å²) in [5.74, 6) is 2.11. The molecule has 0 bridgehead atoms. The van der Waals surface area contributed by atoms with Crippen LogP contribution in [0.5, 0.6) is 17.2 Å². The van der Waals surface area contributed by atoms with E-state index in [0.717, 1.165) is 12.2 Å². The molecule has 0 radical (unpaired) electrons. The first kappa shape index (κ1) is 11.9. The van der Waals surface area contributed by atoms with Gasteiger partial charge in [-0.15, -0.1) is 0 Å². The van der Waals surface area contributed by atoms with Gasteiger partial charge in [0.05, 0.1) is 12.3 Å². The Bertz CT molecular complexity index is 379. The van der Waals surface area contributed by atoms with Crippen LogP contribution in [-0.2, 0) is 0 Å². The van der Waals surface area contributed by atoms with Gasteiger partial charge in [-0.2, -0.15) is 0 Å². The van der Waals surface area contributed by atoms with Crippen LogP contribution >= 0.6 is 0 Å². The predicted molar refractivity (Wildman–Crippen MR) is 66.9 cm³/mol. The Hall–Kier alpha value is -1.58. The second kappa shape index (κ2) is 5.66. The van der Waals surface area contributed by atoms with Crippen LogP contribution in [0.2, 0.25) is 0 Å². The zero-order valence-electron chi connectivity index (χ0n) is 10.2. The Balaban J connectivity index is 2.01. The molecule has 0 saturated carbocycles. The van der Waals surface area contributed by atoms with Crippen molar-refractivity contribution < 1.29 is 14.2 Å². The molecule has 2 rings (SSSR count). The maximum atomic E-state index is 5.90. The Morgan fingerprint density at radius 2 is 1.88 bits per heavy atom. The number of rotatable bonds is 5. The predicted octanol–water partition coefficient (Wildman–Crippen LogP) is 2.61. The van der Waals surface area contributed by atoms with Crippen molar-refractivity contribution in [2.75, 3.05) is 25.6 Å². The van der Waals surface area contributed by atoms with Crippen LogP contribution in [0, 0.1) is 0 Å². The van der Waals surface area contributed by atoms with Crippen LogP contribution in [0.4, 0.5) is 5.69 Å². The largest absolute Gasteiger partial charge is 0.491 e. The molecular weight excluding hydrogens is 218 g/mol. The number of nitrogen functional groups attached to an aromatic ring is 1. The smallest absolute Gasteiger partial charge is 0.165 e. The molecule has 1 aromatic carbocycles. The molecule has 1 aliphatic heterocycles. The van der Waals surface area contributed by atoms with Gasteiger partial charge in [0.25, 0.3) is 0 Å². The molecule has 4 heteroatoms. The summed E-state index contributed by atoms with van der Waals surface area (Å²) in [5.41, 5.74) is 6.50. The number of benzene rings is 1. The molecule has 0 aliphatic carbocycles. The maximum Gasteiger partial charge on any atom is 0.165 e. The van der Waals surface area contributed by atoms with Crippen molar-refractivity contribution in [1.29, 1.82) is 0 Å². The minimum absolute atomic E-state index is 0.573. The average Bonchev–Trinajstić information content (AvgIpc) is 2.35. The molecule has 0 amide bonds. The fourth-order valence-electron chi connectivity index (χ4n) is 1.75. The van der Waals surface area contributed by atoms with E-state index >= 15 is 0 Å². The molecule has 0 fully saturated rings. The molecule has 1 aliphatic rings. The molecule has 2 N–H and O–H groups in total. The monoisotopic (exact) mass is 237 g/mol. The van der Waals surface area contributed by atoms with E-state index in [4.69, 9.17) is 19.9 Å². The number of anilines is 1. The first-order chi connectivity index (χ1) is 8.31. The lowest BCUT2D eigenvalue weighted by molar-refractivity contribution is 0.170. The van der Waals surface area contributed by atoms with E-state index in [1.165, 1.54) is 12.8 Å². The summed E-state index contributed by atoms with van der Waals surface area (Å²) in [6.45, 7) is 4.01. The molecule has 0 unspecified atom stereocenters. The van der Waals surface area contributed by atoms with Crippen molar-refractivity contribution in [2.24, 2.45) is 0 Å². The van der Waals surface area contributed by atoms with Gasteiger partial charge in [0.15, 0.2) is 11.5 Å². The lowest BCUT2D eigenvalue weighted by Gasteiger charge is -2.20. The molecule has 0 spiro atoms. The summed E-state index contributed by atoms with van der Waals surface area (Å²) in [6.07, 6.45) is 3.40. The van der Waals surface area contributed by atoms with Crippen LogP contribution < -0.4 is 19.9 Å². The van der Waals surface area contributed by atoms with Gasteiger partial charge >= 0.3 is 0 Å². The van der Waals surface area contributed by atoms with Gasteiger partial charge in [0.2, 0.25) is 0 Å². The quantitative estimate of drug-likeness (QED) is 0.631. The summed E-state index contributed by atoms with van der Waals surface area (Å²) < 4.78 is 16.6. The first-order valence-electron chi connectivity index (χ1n) is 6.13. The molecule has 0 aromatic heterocycles. The summed E-state index contributed by atoms with van der Waals surface area (Å²) in [5, 5.41) is 0. The SMILES string of the molecule is CCCCCOc1cc2c(cc1N)OCCO2. The second-order valence-corrected chi connectivity index (χ2v) is 4.09. The highest BCUT2D eigenvalue weighted by atomic mass is 16.6. The van der Waals surface area contributed by atoms with Crippen LogP contribution in [0.15, 0.2) is 12.1 Å². The third-order valence-electron chi connectivity index (χ3n) is 2.68. The summed E-state index contributed by atoms with van der Waals surface area (Å²) in [7, 11) is 0. The van der Waals surface area contributed by atoms with Crippen molar-refractivity contribution in [2.45, 2.75) is 26.2 Å². The molecule has 0 saturated heterocycles. The zero-order chi connectivity index (χ0) is 12.1. The van der Waals surface area contributed by atoms with Crippen molar-refractivity contribution in [3.63, 3.8) is 0 Å². The number of unbranched alkanes of at least 4 members (excludes halogenated alkanes) is 2. The maximum absolute atomic E-state index is 5.90. The van der Waals surface area contributed by atoms with Crippen molar-refractivity contribution in [1.82, 2.24) is 0 Å². The lowest BCUT2D eigenvalue weighted by atomic mass is 10.2. The van der Waals surface area contributed by atoms with Crippen LogP contribution in [0.1, 0.15) is 26.2 Å². The van der Waals surface area contributed by atoms with E-state index in [9.17, 15) is 0 Å². The summed E-state index contributed by atoms with van der Waals surface area (Å²) in [6, 6.07) is 3.58. The standard InChI is InChI=1S/C13H19NO3/c1-2-3-4-5-15-11-9-13-12(8-10(11)14)16-6-7-17-13/h8-9H,2-7,14H2,1H3. The van der Waals surface area contributed by atoms with E-state index in [0.29, 0.717) is 37.0 Å². The van der Waals surface area contributed by atoms with Crippen LogP contribution in [0.3, 0.4) is 0 Å². The lowest BCUT2D eigenvalue weighted by Crippen LogP contribution is -2.15. The summed E-state index contributed by atoms with van der Waals surface area (Å²) in [4.78, 5) is 0. The molecule has 0 atom stereocenters. The number of nitrogens with two attached hydrogens (primary N) is 1. The molecule has 1 aromatic rings. The molecular formula is C13H19NO3. The topological polar surface area (TPSA) is 53.7 Å². The molecule has 1 heterocycles. The van der Waals surface area contributed by atoms with Crippen molar-refractivity contribution in [3.8, 4) is 17.2 Å². The fraction of sp³-hybridized carbons (Fsp3) is 0.538. The Labute approximate surface area is 102 Å². The number of hydrogen-bond donors (Lipinski definition) is 1. The second-order valence-electron chi connectivity index (χ2n) is 4.09. The van der Waals surface area contributed by atoms with E-state index in [-0.39, 0.29) is 0 Å². The third kappa shape index (κ3) is 2.96. The Kier molecular flexibility index (Phi) is 3.96. The Morgan fingerprint density at radius 1 is 1.18 bits per heavy atom. The molecule has 94 valence electrons. The van der Waals surface area contributed by atoms with Crippen molar-refractivity contribution >= 4 is 5.69 Å². The zero-order valence-corrected chi connectivity index (χ0v) is 10.2. The van der Waals surface area contributed by atoms with Gasteiger partial charge < -0.3 is 19.9 Å². The van der Waals surface area contributed by atoms with E-state index in [1.807, 2.05) is 6.07 Å².